The molecule has 1 N–H and O–H groups in total. The van der Waals surface area contributed by atoms with Gasteiger partial charge in [0.05, 0.1) is 23.5 Å². The maximum atomic E-state index is 12.6. The number of aliphatic hydroxyl groups is 1. The van der Waals surface area contributed by atoms with Crippen molar-refractivity contribution in [2.24, 2.45) is 0 Å². The zero-order chi connectivity index (χ0) is 14.8. The number of ether oxygens (including phenoxy) is 1. The molecule has 0 aromatic heterocycles. The van der Waals surface area contributed by atoms with E-state index in [0.29, 0.717) is 22.8 Å². The summed E-state index contributed by atoms with van der Waals surface area (Å²) in [6.45, 7) is 0.557. The third-order valence-corrected chi connectivity index (χ3v) is 5.81. The lowest BCUT2D eigenvalue weighted by Gasteiger charge is -2.15. The molecule has 2 aromatic rings. The summed E-state index contributed by atoms with van der Waals surface area (Å²) in [6.07, 6.45) is 0.0719. The Bertz CT molecular complexity index is 660. The first kappa shape index (κ1) is 14.8. The average molecular weight is 367 g/mol. The normalized spacial score (nSPS) is 22.8. The summed E-state index contributed by atoms with van der Waals surface area (Å²) >= 11 is 3.47. The second-order valence-corrected chi connectivity index (χ2v) is 7.54. The molecule has 3 nitrogen and oxygen atoms in total. The highest BCUT2D eigenvalue weighted by molar-refractivity contribution is 9.09. The Balaban J connectivity index is 1.99. The Hall–Kier alpha value is -1.17. The van der Waals surface area contributed by atoms with Crippen molar-refractivity contribution < 1.29 is 14.1 Å². The first-order valence-electron chi connectivity index (χ1n) is 6.72. The van der Waals surface area contributed by atoms with Crippen LogP contribution in [0.4, 0.5) is 0 Å². The molecule has 1 aliphatic heterocycles. The average Bonchev–Trinajstić information content (AvgIpc) is 2.67. The van der Waals surface area contributed by atoms with Crippen molar-refractivity contribution in [2.75, 3.05) is 6.61 Å². The quantitative estimate of drug-likeness (QED) is 0.828. The third-order valence-electron chi connectivity index (χ3n) is 3.47. The fraction of sp³-hybridized carbons (Fsp3) is 0.250. The highest BCUT2D eigenvalue weighted by atomic mass is 79.9. The summed E-state index contributed by atoms with van der Waals surface area (Å²) < 4.78 is 18.2. The summed E-state index contributed by atoms with van der Waals surface area (Å²) in [6, 6.07) is 14.7. The zero-order valence-corrected chi connectivity index (χ0v) is 13.6. The Kier molecular flexibility index (Phi) is 4.42. The van der Waals surface area contributed by atoms with Crippen LogP contribution < -0.4 is 4.74 Å². The molecule has 1 aliphatic rings. The molecule has 5 heteroatoms. The lowest BCUT2D eigenvalue weighted by atomic mass is 10.1. The molecule has 1 heterocycles. The summed E-state index contributed by atoms with van der Waals surface area (Å²) in [5.74, 6) is 0.665. The molecule has 0 amide bonds. The van der Waals surface area contributed by atoms with Crippen LogP contribution in [0.25, 0.3) is 0 Å². The van der Waals surface area contributed by atoms with Gasteiger partial charge in [0.25, 0.3) is 0 Å². The largest absolute Gasteiger partial charge is 0.493 e. The minimum atomic E-state index is -1.26. The predicted octanol–water partition coefficient (Wildman–Crippen LogP) is 3.43. The first-order chi connectivity index (χ1) is 10.2. The van der Waals surface area contributed by atoms with Gasteiger partial charge in [0.15, 0.2) is 0 Å². The Morgan fingerprint density at radius 1 is 1.14 bits per heavy atom. The Morgan fingerprint density at radius 3 is 2.67 bits per heavy atom. The zero-order valence-electron chi connectivity index (χ0n) is 11.2. The lowest BCUT2D eigenvalue weighted by Crippen LogP contribution is -2.11. The predicted molar refractivity (Wildman–Crippen MR) is 85.3 cm³/mol. The van der Waals surface area contributed by atoms with Gasteiger partial charge < -0.3 is 9.84 Å². The van der Waals surface area contributed by atoms with E-state index in [1.165, 1.54) is 0 Å². The number of rotatable bonds is 2. The highest BCUT2D eigenvalue weighted by Crippen LogP contribution is 2.36. The molecule has 3 atom stereocenters. The van der Waals surface area contributed by atoms with E-state index in [1.807, 2.05) is 30.3 Å². The van der Waals surface area contributed by atoms with Gasteiger partial charge >= 0.3 is 0 Å². The van der Waals surface area contributed by atoms with Gasteiger partial charge in [0.1, 0.15) is 5.75 Å². The van der Waals surface area contributed by atoms with Crippen molar-refractivity contribution in [2.45, 2.75) is 27.1 Å². The molecular formula is C16H15BrO3S. The molecule has 3 unspecified atom stereocenters. The molecule has 0 radical (unpaired) electrons. The SMILES string of the molecule is O=S(c1ccccc1)c1ccc2c(c1)C(O)C(Br)CCO2. The second-order valence-electron chi connectivity index (χ2n) is 4.88. The smallest absolute Gasteiger partial charge is 0.125 e. The second kappa shape index (κ2) is 6.30. The Labute approximate surface area is 134 Å². The van der Waals surface area contributed by atoms with Crippen molar-refractivity contribution >= 4 is 26.7 Å². The number of alkyl halides is 1. The van der Waals surface area contributed by atoms with E-state index < -0.39 is 16.9 Å². The monoisotopic (exact) mass is 366 g/mol. The van der Waals surface area contributed by atoms with Gasteiger partial charge in [0, 0.05) is 20.2 Å². The summed E-state index contributed by atoms with van der Waals surface area (Å²) in [4.78, 5) is 1.36. The van der Waals surface area contributed by atoms with Crippen molar-refractivity contribution in [3.8, 4) is 5.75 Å². The van der Waals surface area contributed by atoms with E-state index in [0.717, 1.165) is 11.3 Å². The van der Waals surface area contributed by atoms with Crippen LogP contribution in [-0.4, -0.2) is 20.7 Å². The molecule has 0 saturated heterocycles. The molecule has 21 heavy (non-hydrogen) atoms. The molecule has 0 aliphatic carbocycles. The number of aliphatic hydroxyl groups excluding tert-OH is 1. The third kappa shape index (κ3) is 3.05. The van der Waals surface area contributed by atoms with Gasteiger partial charge in [-0.25, -0.2) is 4.21 Å². The van der Waals surface area contributed by atoms with Gasteiger partial charge in [-0.1, -0.05) is 34.1 Å². The summed E-state index contributed by atoms with van der Waals surface area (Å²) in [7, 11) is -1.26. The molecule has 110 valence electrons. The van der Waals surface area contributed by atoms with Crippen LogP contribution in [0.5, 0.6) is 5.75 Å². The van der Waals surface area contributed by atoms with Crippen molar-refractivity contribution in [1.29, 1.82) is 0 Å². The van der Waals surface area contributed by atoms with Crippen molar-refractivity contribution in [1.82, 2.24) is 0 Å². The number of hydrogen-bond donors (Lipinski definition) is 1. The van der Waals surface area contributed by atoms with Crippen molar-refractivity contribution in [3.63, 3.8) is 0 Å². The lowest BCUT2D eigenvalue weighted by molar-refractivity contribution is 0.176. The number of benzene rings is 2. The van der Waals surface area contributed by atoms with Gasteiger partial charge in [-0.15, -0.1) is 0 Å². The van der Waals surface area contributed by atoms with Gasteiger partial charge in [-0.2, -0.15) is 0 Å². The summed E-state index contributed by atoms with van der Waals surface area (Å²) in [5.41, 5.74) is 0.691. The van der Waals surface area contributed by atoms with E-state index in [9.17, 15) is 9.32 Å². The van der Waals surface area contributed by atoms with Crippen LogP contribution in [0.1, 0.15) is 18.1 Å². The maximum Gasteiger partial charge on any atom is 0.125 e. The fourth-order valence-corrected chi connectivity index (χ4v) is 3.89. The van der Waals surface area contributed by atoms with Gasteiger partial charge in [0.2, 0.25) is 0 Å². The van der Waals surface area contributed by atoms with Crippen LogP contribution >= 0.6 is 15.9 Å². The topological polar surface area (TPSA) is 46.5 Å². The molecule has 0 saturated carbocycles. The van der Waals surface area contributed by atoms with Gasteiger partial charge in [-0.05, 0) is 36.8 Å². The number of fused-ring (bicyclic) bond motifs is 1. The van der Waals surface area contributed by atoms with Crippen LogP contribution in [0.2, 0.25) is 0 Å². The van der Waals surface area contributed by atoms with Crippen LogP contribution in [0, 0.1) is 0 Å². The maximum absolute atomic E-state index is 12.6. The molecule has 0 spiro atoms. The van der Waals surface area contributed by atoms with E-state index >= 15 is 0 Å². The minimum Gasteiger partial charge on any atom is -0.493 e. The van der Waals surface area contributed by atoms with E-state index in [-0.39, 0.29) is 4.83 Å². The number of halogens is 1. The van der Waals surface area contributed by atoms with Crippen molar-refractivity contribution in [3.05, 3.63) is 54.1 Å². The highest BCUT2D eigenvalue weighted by Gasteiger charge is 2.26. The van der Waals surface area contributed by atoms with Crippen LogP contribution in [0.15, 0.2) is 58.3 Å². The molecule has 0 fully saturated rings. The van der Waals surface area contributed by atoms with E-state index in [1.54, 1.807) is 18.2 Å². The van der Waals surface area contributed by atoms with E-state index in [2.05, 4.69) is 15.9 Å². The molecule has 3 rings (SSSR count). The first-order valence-corrected chi connectivity index (χ1v) is 8.79. The van der Waals surface area contributed by atoms with Crippen LogP contribution in [-0.2, 0) is 10.8 Å². The molecule has 2 aromatic carbocycles. The standard InChI is InChI=1S/C16H15BrO3S/c17-14-8-9-20-15-7-6-12(10-13(15)16(14)18)21(19)11-4-2-1-3-5-11/h1-7,10,14,16,18H,8-9H2. The van der Waals surface area contributed by atoms with Gasteiger partial charge in [-0.3, -0.25) is 0 Å². The van der Waals surface area contributed by atoms with Crippen LogP contribution in [0.3, 0.4) is 0 Å². The molecular weight excluding hydrogens is 352 g/mol. The number of hydrogen-bond acceptors (Lipinski definition) is 3. The molecule has 0 bridgehead atoms. The Morgan fingerprint density at radius 2 is 1.90 bits per heavy atom. The summed E-state index contributed by atoms with van der Waals surface area (Å²) in [5, 5.41) is 10.4. The van der Waals surface area contributed by atoms with E-state index in [4.69, 9.17) is 4.74 Å². The minimum absolute atomic E-state index is 0.0563. The fourth-order valence-electron chi connectivity index (χ4n) is 2.32.